The van der Waals surface area contributed by atoms with Gasteiger partial charge in [-0.3, -0.25) is 9.69 Å². The Morgan fingerprint density at radius 2 is 2.00 bits per heavy atom. The molecule has 6 nitrogen and oxygen atoms in total. The summed E-state index contributed by atoms with van der Waals surface area (Å²) in [7, 11) is 1.56. The summed E-state index contributed by atoms with van der Waals surface area (Å²) >= 11 is 2.11. The van der Waals surface area contributed by atoms with Crippen LogP contribution in [0.1, 0.15) is 18.1 Å². The van der Waals surface area contributed by atoms with E-state index >= 15 is 0 Å². The number of hydrogen-bond donors (Lipinski definition) is 1. The number of hydrogen-bond acceptors (Lipinski definition) is 4. The van der Waals surface area contributed by atoms with Gasteiger partial charge in [-0.2, -0.15) is 0 Å². The Balaban J connectivity index is 1.88. The van der Waals surface area contributed by atoms with Crippen molar-refractivity contribution >= 4 is 40.6 Å². The molecule has 146 valence electrons. The maximum absolute atomic E-state index is 13.9. The number of nitrogens with one attached hydrogen (secondary N) is 1. The number of carbonyl (C=O) groups is 2. The fourth-order valence-electron chi connectivity index (χ4n) is 2.81. The third-order valence-corrected chi connectivity index (χ3v) is 4.90. The Morgan fingerprint density at radius 1 is 1.25 bits per heavy atom. The van der Waals surface area contributed by atoms with Gasteiger partial charge in [0.2, 0.25) is 0 Å². The molecule has 0 radical (unpaired) electrons. The van der Waals surface area contributed by atoms with Crippen LogP contribution in [0.3, 0.4) is 0 Å². The minimum Gasteiger partial charge on any atom is -0.492 e. The molecule has 3 rings (SSSR count). The quantitative estimate of drug-likeness (QED) is 0.374. The zero-order valence-corrected chi connectivity index (χ0v) is 17.4. The molecular formula is C20H18FIN2O4. The number of imide groups is 1. The van der Waals surface area contributed by atoms with Crippen molar-refractivity contribution in [2.24, 2.45) is 0 Å². The number of halogens is 2. The van der Waals surface area contributed by atoms with Crippen LogP contribution in [0.15, 0.2) is 42.1 Å². The SMILES string of the molecule is CCOc1cc(/C=C2\NC(=O)N(Cc3ccccc3F)C2=O)cc(I)c1OC. The van der Waals surface area contributed by atoms with Crippen LogP contribution in [0.5, 0.6) is 11.5 Å². The Labute approximate surface area is 175 Å². The first kappa shape index (κ1) is 20.1. The van der Waals surface area contributed by atoms with Crippen LogP contribution in [-0.4, -0.2) is 30.6 Å². The van der Waals surface area contributed by atoms with Crippen LogP contribution in [-0.2, 0) is 11.3 Å². The number of methoxy groups -OCH3 is 1. The van der Waals surface area contributed by atoms with Crippen LogP contribution >= 0.6 is 22.6 Å². The van der Waals surface area contributed by atoms with E-state index in [1.807, 2.05) is 13.0 Å². The molecule has 1 aliphatic rings. The lowest BCUT2D eigenvalue weighted by Crippen LogP contribution is -2.30. The van der Waals surface area contributed by atoms with Gasteiger partial charge in [-0.25, -0.2) is 9.18 Å². The van der Waals surface area contributed by atoms with Crippen LogP contribution in [0.2, 0.25) is 0 Å². The summed E-state index contributed by atoms with van der Waals surface area (Å²) in [5.41, 5.74) is 1.06. The lowest BCUT2D eigenvalue weighted by atomic mass is 10.1. The molecule has 1 heterocycles. The van der Waals surface area contributed by atoms with Crippen molar-refractivity contribution in [3.8, 4) is 11.5 Å². The topological polar surface area (TPSA) is 67.9 Å². The van der Waals surface area contributed by atoms with E-state index in [9.17, 15) is 14.0 Å². The Kier molecular flexibility index (Phi) is 6.18. The largest absolute Gasteiger partial charge is 0.492 e. The molecule has 0 saturated carbocycles. The summed E-state index contributed by atoms with van der Waals surface area (Å²) in [5.74, 6) is 0.167. The van der Waals surface area contributed by atoms with Crippen LogP contribution < -0.4 is 14.8 Å². The summed E-state index contributed by atoms with van der Waals surface area (Å²) in [4.78, 5) is 25.8. The second-order valence-corrected chi connectivity index (χ2v) is 7.10. The number of rotatable bonds is 6. The van der Waals surface area contributed by atoms with E-state index < -0.39 is 17.8 Å². The number of ether oxygens (including phenoxy) is 2. The van der Waals surface area contributed by atoms with Gasteiger partial charge in [0.05, 0.1) is 23.8 Å². The molecule has 0 aliphatic carbocycles. The van der Waals surface area contributed by atoms with Gasteiger partial charge in [-0.05, 0) is 59.4 Å². The first-order valence-corrected chi connectivity index (χ1v) is 9.60. The minimum absolute atomic E-state index is 0.116. The van der Waals surface area contributed by atoms with E-state index in [2.05, 4.69) is 27.9 Å². The van der Waals surface area contributed by atoms with E-state index in [1.54, 1.807) is 31.4 Å². The van der Waals surface area contributed by atoms with Crippen molar-refractivity contribution in [2.45, 2.75) is 13.5 Å². The third-order valence-electron chi connectivity index (χ3n) is 4.10. The molecule has 0 atom stereocenters. The van der Waals surface area contributed by atoms with Gasteiger partial charge in [0, 0.05) is 5.56 Å². The molecular weight excluding hydrogens is 478 g/mol. The second kappa shape index (κ2) is 8.59. The average molecular weight is 496 g/mol. The standard InChI is InChI=1S/C20H18FIN2O4/c1-3-28-17-10-12(8-15(22)18(17)27-2)9-16-19(25)24(20(26)23-16)11-13-6-4-5-7-14(13)21/h4-10H,3,11H2,1-2H3,(H,23,26)/b16-9-. The number of urea groups is 1. The fraction of sp³-hybridized carbons (Fsp3) is 0.200. The molecule has 2 aromatic carbocycles. The zero-order chi connectivity index (χ0) is 20.3. The van der Waals surface area contributed by atoms with Crippen LogP contribution in [0.4, 0.5) is 9.18 Å². The number of carbonyl (C=O) groups excluding carboxylic acids is 2. The summed E-state index contributed by atoms with van der Waals surface area (Å²) in [5, 5.41) is 2.54. The Hall–Kier alpha value is -2.62. The van der Waals surface area contributed by atoms with E-state index in [4.69, 9.17) is 9.47 Å². The highest BCUT2D eigenvalue weighted by Gasteiger charge is 2.34. The first-order chi connectivity index (χ1) is 13.4. The summed E-state index contributed by atoms with van der Waals surface area (Å²) < 4.78 is 25.6. The second-order valence-electron chi connectivity index (χ2n) is 5.94. The molecule has 0 bridgehead atoms. The van der Waals surface area contributed by atoms with Gasteiger partial charge in [-0.1, -0.05) is 18.2 Å². The molecule has 1 saturated heterocycles. The monoisotopic (exact) mass is 496 g/mol. The van der Waals surface area contributed by atoms with Crippen molar-refractivity contribution in [3.63, 3.8) is 0 Å². The van der Waals surface area contributed by atoms with E-state index in [1.165, 1.54) is 12.1 Å². The molecule has 1 N–H and O–H groups in total. The highest BCUT2D eigenvalue weighted by atomic mass is 127. The Morgan fingerprint density at radius 3 is 2.68 bits per heavy atom. The van der Waals surface area contributed by atoms with E-state index in [0.717, 1.165) is 8.47 Å². The van der Waals surface area contributed by atoms with Gasteiger partial charge >= 0.3 is 6.03 Å². The molecule has 3 amide bonds. The third kappa shape index (κ3) is 4.11. The van der Waals surface area contributed by atoms with E-state index in [-0.39, 0.29) is 17.8 Å². The predicted octanol–water partition coefficient (Wildman–Crippen LogP) is 3.93. The molecule has 28 heavy (non-hydrogen) atoms. The van der Waals surface area contributed by atoms with Gasteiger partial charge in [0.1, 0.15) is 11.5 Å². The highest BCUT2D eigenvalue weighted by molar-refractivity contribution is 14.1. The molecule has 1 aliphatic heterocycles. The van der Waals surface area contributed by atoms with Gasteiger partial charge < -0.3 is 14.8 Å². The molecule has 0 aromatic heterocycles. The molecule has 0 unspecified atom stereocenters. The lowest BCUT2D eigenvalue weighted by molar-refractivity contribution is -0.123. The maximum atomic E-state index is 13.9. The maximum Gasteiger partial charge on any atom is 0.329 e. The van der Waals surface area contributed by atoms with Crippen molar-refractivity contribution in [1.29, 1.82) is 0 Å². The lowest BCUT2D eigenvalue weighted by Gasteiger charge is -2.13. The Bertz CT molecular complexity index is 961. The molecule has 0 spiro atoms. The summed E-state index contributed by atoms with van der Waals surface area (Å²) in [6, 6.07) is 8.99. The van der Waals surface area contributed by atoms with Crippen molar-refractivity contribution in [3.05, 3.63) is 62.6 Å². The normalized spacial score (nSPS) is 15.1. The van der Waals surface area contributed by atoms with Gasteiger partial charge in [-0.15, -0.1) is 0 Å². The smallest absolute Gasteiger partial charge is 0.329 e. The average Bonchev–Trinajstić information content (AvgIpc) is 2.91. The van der Waals surface area contributed by atoms with Crippen LogP contribution in [0, 0.1) is 9.39 Å². The number of nitrogens with zero attached hydrogens (tertiary/aromatic N) is 1. The molecule has 1 fully saturated rings. The van der Waals surface area contributed by atoms with Crippen molar-refractivity contribution in [1.82, 2.24) is 10.2 Å². The summed E-state index contributed by atoms with van der Waals surface area (Å²) in [6.07, 6.45) is 1.56. The van der Waals surface area contributed by atoms with E-state index in [0.29, 0.717) is 23.7 Å². The molecule has 8 heteroatoms. The summed E-state index contributed by atoms with van der Waals surface area (Å²) in [6.45, 7) is 2.18. The molecule has 2 aromatic rings. The van der Waals surface area contributed by atoms with Crippen LogP contribution in [0.25, 0.3) is 6.08 Å². The van der Waals surface area contributed by atoms with Crippen molar-refractivity contribution < 1.29 is 23.5 Å². The zero-order valence-electron chi connectivity index (χ0n) is 15.3. The highest BCUT2D eigenvalue weighted by Crippen LogP contribution is 2.34. The van der Waals surface area contributed by atoms with Gasteiger partial charge in [0.15, 0.2) is 11.5 Å². The fourth-order valence-corrected chi connectivity index (χ4v) is 3.66. The van der Waals surface area contributed by atoms with Crippen molar-refractivity contribution in [2.75, 3.05) is 13.7 Å². The van der Waals surface area contributed by atoms with Gasteiger partial charge in [0.25, 0.3) is 5.91 Å². The number of benzene rings is 2. The minimum atomic E-state index is -0.590. The number of amides is 3. The first-order valence-electron chi connectivity index (χ1n) is 8.52. The predicted molar refractivity (Wildman–Crippen MR) is 110 cm³/mol.